The van der Waals surface area contributed by atoms with Crippen molar-refractivity contribution in [1.82, 2.24) is 4.90 Å². The first-order valence-corrected chi connectivity index (χ1v) is 7.07. The van der Waals surface area contributed by atoms with Crippen molar-refractivity contribution in [3.05, 3.63) is 29.3 Å². The molecule has 1 aliphatic heterocycles. The molecule has 0 radical (unpaired) electrons. The van der Waals surface area contributed by atoms with E-state index in [0.717, 1.165) is 43.9 Å². The molecule has 1 amide bonds. The summed E-state index contributed by atoms with van der Waals surface area (Å²) in [6.07, 6.45) is 0.921. The lowest BCUT2D eigenvalue weighted by molar-refractivity contribution is -0.138. The fraction of sp³-hybridized carbons (Fsp3) is 0.467. The Morgan fingerprint density at radius 2 is 2.00 bits per heavy atom. The largest absolute Gasteiger partial charge is 0.480 e. The van der Waals surface area contributed by atoms with Crippen LogP contribution in [0.4, 0.5) is 5.69 Å². The molecular weight excluding hydrogens is 270 g/mol. The van der Waals surface area contributed by atoms with Gasteiger partial charge in [-0.3, -0.25) is 14.5 Å². The summed E-state index contributed by atoms with van der Waals surface area (Å²) in [5.74, 6) is -1.20. The average molecular weight is 291 g/mol. The van der Waals surface area contributed by atoms with E-state index in [2.05, 4.69) is 4.90 Å². The molecule has 1 aliphatic rings. The predicted molar refractivity (Wildman–Crippen MR) is 80.6 cm³/mol. The molecule has 1 heterocycles. The lowest BCUT2D eigenvalue weighted by Crippen LogP contribution is -2.34. The molecule has 0 atom stereocenters. The van der Waals surface area contributed by atoms with Crippen molar-refractivity contribution in [2.75, 3.05) is 37.6 Å². The zero-order chi connectivity index (χ0) is 15.4. The Balaban J connectivity index is 2.07. The second-order valence-electron chi connectivity index (χ2n) is 5.37. The number of amides is 1. The SMILES string of the molecule is Cc1cc(N2CCCN(CC(=O)O)CC2)ccc1C(N)=O. The standard InChI is InChI=1S/C15H21N3O3/c1-11-9-12(3-4-13(11)15(16)21)18-6-2-5-17(7-8-18)10-14(19)20/h3-4,9H,2,5-8,10H2,1H3,(H2,16,21)(H,19,20). The molecule has 114 valence electrons. The molecule has 21 heavy (non-hydrogen) atoms. The van der Waals surface area contributed by atoms with Gasteiger partial charge in [0.25, 0.3) is 0 Å². The van der Waals surface area contributed by atoms with Crippen LogP contribution in [0.2, 0.25) is 0 Å². The number of aliphatic carboxylic acids is 1. The van der Waals surface area contributed by atoms with E-state index >= 15 is 0 Å². The Morgan fingerprint density at radius 1 is 1.24 bits per heavy atom. The monoisotopic (exact) mass is 291 g/mol. The van der Waals surface area contributed by atoms with Gasteiger partial charge in [0.1, 0.15) is 0 Å². The van der Waals surface area contributed by atoms with Gasteiger partial charge in [-0.25, -0.2) is 0 Å². The summed E-state index contributed by atoms with van der Waals surface area (Å²) < 4.78 is 0. The average Bonchev–Trinajstić information content (AvgIpc) is 2.63. The van der Waals surface area contributed by atoms with E-state index in [0.29, 0.717) is 5.56 Å². The highest BCUT2D eigenvalue weighted by molar-refractivity contribution is 5.94. The number of hydrogen-bond donors (Lipinski definition) is 2. The van der Waals surface area contributed by atoms with Crippen LogP contribution in [0.3, 0.4) is 0 Å². The summed E-state index contributed by atoms with van der Waals surface area (Å²) in [5.41, 5.74) is 7.78. The van der Waals surface area contributed by atoms with Gasteiger partial charge in [0.05, 0.1) is 6.54 Å². The second-order valence-corrected chi connectivity index (χ2v) is 5.37. The lowest BCUT2D eigenvalue weighted by atomic mass is 10.1. The van der Waals surface area contributed by atoms with Crippen LogP contribution in [0.5, 0.6) is 0 Å². The van der Waals surface area contributed by atoms with Gasteiger partial charge in [0, 0.05) is 37.4 Å². The number of aryl methyl sites for hydroxylation is 1. The summed E-state index contributed by atoms with van der Waals surface area (Å²) in [5, 5.41) is 8.86. The third kappa shape index (κ3) is 3.95. The van der Waals surface area contributed by atoms with Crippen molar-refractivity contribution in [2.24, 2.45) is 5.73 Å². The molecule has 1 aromatic carbocycles. The summed E-state index contributed by atoms with van der Waals surface area (Å²) in [6, 6.07) is 5.62. The van der Waals surface area contributed by atoms with Gasteiger partial charge in [-0.2, -0.15) is 0 Å². The van der Waals surface area contributed by atoms with Crippen molar-refractivity contribution >= 4 is 17.6 Å². The van der Waals surface area contributed by atoms with Crippen molar-refractivity contribution in [2.45, 2.75) is 13.3 Å². The fourth-order valence-electron chi connectivity index (χ4n) is 2.70. The number of primary amides is 1. The van der Waals surface area contributed by atoms with E-state index in [4.69, 9.17) is 10.8 Å². The number of carboxylic acids is 1. The van der Waals surface area contributed by atoms with E-state index in [9.17, 15) is 9.59 Å². The van der Waals surface area contributed by atoms with E-state index in [-0.39, 0.29) is 6.54 Å². The maximum atomic E-state index is 11.3. The second kappa shape index (κ2) is 6.58. The number of carbonyl (C=O) groups excluding carboxylic acids is 1. The molecule has 3 N–H and O–H groups in total. The van der Waals surface area contributed by atoms with Crippen molar-refractivity contribution in [1.29, 1.82) is 0 Å². The first kappa shape index (κ1) is 15.3. The Bertz CT molecular complexity index is 545. The van der Waals surface area contributed by atoms with Crippen LogP contribution in [-0.4, -0.2) is 54.6 Å². The molecule has 0 aromatic heterocycles. The fourth-order valence-corrected chi connectivity index (χ4v) is 2.70. The number of nitrogens with zero attached hydrogens (tertiary/aromatic N) is 2. The van der Waals surface area contributed by atoms with Crippen LogP contribution >= 0.6 is 0 Å². The molecule has 0 unspecified atom stereocenters. The highest BCUT2D eigenvalue weighted by atomic mass is 16.4. The lowest BCUT2D eigenvalue weighted by Gasteiger charge is -2.24. The molecule has 6 heteroatoms. The Labute approximate surface area is 124 Å². The number of benzene rings is 1. The molecule has 1 fully saturated rings. The minimum absolute atomic E-state index is 0.0908. The van der Waals surface area contributed by atoms with Crippen LogP contribution < -0.4 is 10.6 Å². The molecule has 6 nitrogen and oxygen atoms in total. The predicted octanol–water partition coefficient (Wildman–Crippen LogP) is 0.691. The van der Waals surface area contributed by atoms with Crippen molar-refractivity contribution in [3.63, 3.8) is 0 Å². The van der Waals surface area contributed by atoms with E-state index in [1.165, 1.54) is 0 Å². The summed E-state index contributed by atoms with van der Waals surface area (Å²) in [6.45, 7) is 5.14. The van der Waals surface area contributed by atoms with E-state index in [1.807, 2.05) is 24.0 Å². The van der Waals surface area contributed by atoms with Gasteiger partial charge in [0.2, 0.25) is 5.91 Å². The molecule has 0 spiro atoms. The van der Waals surface area contributed by atoms with E-state index < -0.39 is 11.9 Å². The van der Waals surface area contributed by atoms with Gasteiger partial charge in [-0.1, -0.05) is 0 Å². The number of anilines is 1. The van der Waals surface area contributed by atoms with Gasteiger partial charge in [-0.05, 0) is 37.1 Å². The first-order chi connectivity index (χ1) is 9.97. The highest BCUT2D eigenvalue weighted by Gasteiger charge is 2.17. The van der Waals surface area contributed by atoms with Crippen molar-refractivity contribution in [3.8, 4) is 0 Å². The molecular formula is C15H21N3O3. The molecule has 0 bridgehead atoms. The maximum Gasteiger partial charge on any atom is 0.317 e. The smallest absolute Gasteiger partial charge is 0.317 e. The van der Waals surface area contributed by atoms with Crippen LogP contribution in [0.15, 0.2) is 18.2 Å². The third-order valence-electron chi connectivity index (χ3n) is 3.79. The zero-order valence-electron chi connectivity index (χ0n) is 12.2. The number of hydrogen-bond acceptors (Lipinski definition) is 4. The third-order valence-corrected chi connectivity index (χ3v) is 3.79. The quantitative estimate of drug-likeness (QED) is 0.852. The van der Waals surface area contributed by atoms with Gasteiger partial charge in [0.15, 0.2) is 0 Å². The summed E-state index contributed by atoms with van der Waals surface area (Å²) >= 11 is 0. The normalized spacial score (nSPS) is 16.5. The van der Waals surface area contributed by atoms with Crippen LogP contribution in [-0.2, 0) is 4.79 Å². The minimum atomic E-state index is -0.787. The van der Waals surface area contributed by atoms with Gasteiger partial charge >= 0.3 is 5.97 Å². The minimum Gasteiger partial charge on any atom is -0.480 e. The van der Waals surface area contributed by atoms with Crippen molar-refractivity contribution < 1.29 is 14.7 Å². The Morgan fingerprint density at radius 3 is 2.62 bits per heavy atom. The molecule has 1 aromatic rings. The first-order valence-electron chi connectivity index (χ1n) is 7.07. The number of nitrogens with two attached hydrogens (primary N) is 1. The Kier molecular flexibility index (Phi) is 4.80. The molecule has 1 saturated heterocycles. The number of carbonyl (C=O) groups is 2. The molecule has 0 aliphatic carbocycles. The van der Waals surface area contributed by atoms with Gasteiger partial charge in [-0.15, -0.1) is 0 Å². The zero-order valence-corrected chi connectivity index (χ0v) is 12.2. The summed E-state index contributed by atoms with van der Waals surface area (Å²) in [7, 11) is 0. The number of carboxylic acid groups (broad SMARTS) is 1. The van der Waals surface area contributed by atoms with Crippen LogP contribution in [0, 0.1) is 6.92 Å². The number of rotatable bonds is 4. The molecule has 0 saturated carbocycles. The van der Waals surface area contributed by atoms with Gasteiger partial charge < -0.3 is 15.7 Å². The highest BCUT2D eigenvalue weighted by Crippen LogP contribution is 2.20. The van der Waals surface area contributed by atoms with Crippen LogP contribution in [0.1, 0.15) is 22.3 Å². The Hall–Kier alpha value is -2.08. The van der Waals surface area contributed by atoms with Crippen LogP contribution in [0.25, 0.3) is 0 Å². The topological polar surface area (TPSA) is 86.9 Å². The maximum absolute atomic E-state index is 11.3. The van der Waals surface area contributed by atoms with E-state index in [1.54, 1.807) is 6.07 Å². The molecule has 2 rings (SSSR count). The summed E-state index contributed by atoms with van der Waals surface area (Å²) in [4.78, 5) is 26.2.